The van der Waals surface area contributed by atoms with E-state index >= 15 is 0 Å². The zero-order valence-electron chi connectivity index (χ0n) is 9.17. The Morgan fingerprint density at radius 1 is 1.53 bits per heavy atom. The van der Waals surface area contributed by atoms with Crippen LogP contribution >= 0.6 is 0 Å². The minimum Gasteiger partial charge on any atom is -0.508 e. The van der Waals surface area contributed by atoms with E-state index in [2.05, 4.69) is 15.3 Å². The van der Waals surface area contributed by atoms with Gasteiger partial charge in [-0.25, -0.2) is 4.79 Å². The van der Waals surface area contributed by atoms with Crippen LogP contribution in [0.3, 0.4) is 0 Å². The molecule has 0 aromatic heterocycles. The molecule has 0 saturated carbocycles. The summed E-state index contributed by atoms with van der Waals surface area (Å²) in [6.45, 7) is 1.82. The largest absolute Gasteiger partial charge is 0.508 e. The van der Waals surface area contributed by atoms with E-state index in [9.17, 15) is 4.79 Å². The second-order valence-electron chi connectivity index (χ2n) is 2.95. The Labute approximate surface area is 98.1 Å². The van der Waals surface area contributed by atoms with E-state index in [-0.39, 0.29) is 18.1 Å². The molecular weight excluding hydrogens is 222 g/mol. The van der Waals surface area contributed by atoms with Gasteiger partial charge in [-0.2, -0.15) is 10.4 Å². The van der Waals surface area contributed by atoms with Crippen LogP contribution in [0.1, 0.15) is 6.92 Å². The molecule has 6 nitrogen and oxygen atoms in total. The molecule has 0 bridgehead atoms. The fourth-order valence-electron chi connectivity index (χ4n) is 0.972. The Hall–Kier alpha value is -2.55. The second kappa shape index (κ2) is 6.12. The SMILES string of the molecule is CCOC(=O)C(C#N)=NNc1ccc(O)cc1. The molecular formula is C11H11N3O3. The number of nitrogens with zero attached hydrogens (tertiary/aromatic N) is 2. The molecule has 0 fully saturated rings. The van der Waals surface area contributed by atoms with Gasteiger partial charge in [0.05, 0.1) is 12.3 Å². The van der Waals surface area contributed by atoms with Gasteiger partial charge in [0.15, 0.2) is 0 Å². The van der Waals surface area contributed by atoms with Crippen LogP contribution in [0.5, 0.6) is 5.75 Å². The summed E-state index contributed by atoms with van der Waals surface area (Å²) < 4.78 is 4.63. The second-order valence-corrected chi connectivity index (χ2v) is 2.95. The molecule has 0 amide bonds. The van der Waals surface area contributed by atoms with Crippen LogP contribution in [0, 0.1) is 11.3 Å². The lowest BCUT2D eigenvalue weighted by Crippen LogP contribution is -2.17. The highest BCUT2D eigenvalue weighted by molar-refractivity contribution is 6.43. The van der Waals surface area contributed by atoms with Crippen molar-refractivity contribution in [1.29, 1.82) is 5.26 Å². The summed E-state index contributed by atoms with van der Waals surface area (Å²) in [5.41, 5.74) is 2.70. The van der Waals surface area contributed by atoms with Crippen LogP contribution in [0.15, 0.2) is 29.4 Å². The van der Waals surface area contributed by atoms with Gasteiger partial charge in [-0.1, -0.05) is 0 Å². The lowest BCUT2D eigenvalue weighted by Gasteiger charge is -2.01. The number of anilines is 1. The number of carbonyl (C=O) groups is 1. The van der Waals surface area contributed by atoms with E-state index < -0.39 is 5.97 Å². The fourth-order valence-corrected chi connectivity index (χ4v) is 0.972. The Bertz CT molecular complexity index is 460. The highest BCUT2D eigenvalue weighted by atomic mass is 16.5. The van der Waals surface area contributed by atoms with Crippen LogP contribution in [-0.4, -0.2) is 23.4 Å². The number of benzene rings is 1. The summed E-state index contributed by atoms with van der Waals surface area (Å²) in [6, 6.07) is 7.65. The van der Waals surface area contributed by atoms with Crippen molar-refractivity contribution in [3.63, 3.8) is 0 Å². The van der Waals surface area contributed by atoms with E-state index in [1.54, 1.807) is 25.1 Å². The van der Waals surface area contributed by atoms with Crippen molar-refractivity contribution in [3.8, 4) is 11.8 Å². The standard InChI is InChI=1S/C11H11N3O3/c1-2-17-11(16)10(7-12)14-13-8-3-5-9(15)6-4-8/h3-6,13,15H,2H2,1H3. The Balaban J connectivity index is 2.71. The van der Waals surface area contributed by atoms with Crippen molar-refractivity contribution in [2.45, 2.75) is 6.92 Å². The van der Waals surface area contributed by atoms with Crippen molar-refractivity contribution in [2.75, 3.05) is 12.0 Å². The van der Waals surface area contributed by atoms with Gasteiger partial charge in [0.25, 0.3) is 0 Å². The van der Waals surface area contributed by atoms with Crippen molar-refractivity contribution in [3.05, 3.63) is 24.3 Å². The maximum atomic E-state index is 11.2. The first-order chi connectivity index (χ1) is 8.17. The Morgan fingerprint density at radius 2 is 2.18 bits per heavy atom. The van der Waals surface area contributed by atoms with Crippen LogP contribution < -0.4 is 5.43 Å². The molecule has 1 aromatic rings. The minimum absolute atomic E-state index is 0.116. The van der Waals surface area contributed by atoms with E-state index in [4.69, 9.17) is 10.4 Å². The third kappa shape index (κ3) is 3.83. The number of phenolic OH excluding ortho intramolecular Hbond substituents is 1. The lowest BCUT2D eigenvalue weighted by atomic mass is 10.3. The van der Waals surface area contributed by atoms with Crippen molar-refractivity contribution in [2.24, 2.45) is 5.10 Å². The topological polar surface area (TPSA) is 94.7 Å². The smallest absolute Gasteiger partial charge is 0.369 e. The number of rotatable bonds is 4. The number of hydrogen-bond donors (Lipinski definition) is 2. The summed E-state index contributed by atoms with van der Waals surface area (Å²) in [4.78, 5) is 11.2. The number of aromatic hydroxyl groups is 1. The predicted molar refractivity (Wildman–Crippen MR) is 61.4 cm³/mol. The molecule has 0 aliphatic heterocycles. The number of esters is 1. The van der Waals surface area contributed by atoms with E-state index in [1.165, 1.54) is 12.1 Å². The van der Waals surface area contributed by atoms with Crippen LogP contribution in [0.4, 0.5) is 5.69 Å². The number of ether oxygens (including phenoxy) is 1. The lowest BCUT2D eigenvalue weighted by molar-refractivity contribution is -0.134. The van der Waals surface area contributed by atoms with Gasteiger partial charge in [-0.05, 0) is 31.2 Å². The minimum atomic E-state index is -0.777. The van der Waals surface area contributed by atoms with Crippen LogP contribution in [0.25, 0.3) is 0 Å². The van der Waals surface area contributed by atoms with Crippen molar-refractivity contribution in [1.82, 2.24) is 0 Å². The monoisotopic (exact) mass is 233 g/mol. The zero-order chi connectivity index (χ0) is 12.7. The predicted octanol–water partition coefficient (Wildman–Crippen LogP) is 1.25. The summed E-state index contributed by atoms with van der Waals surface area (Å²) in [5.74, 6) is -0.660. The number of nitrogens with one attached hydrogen (secondary N) is 1. The fraction of sp³-hybridized carbons (Fsp3) is 0.182. The van der Waals surface area contributed by atoms with Crippen molar-refractivity contribution >= 4 is 17.4 Å². The third-order valence-electron chi connectivity index (χ3n) is 1.74. The first-order valence-corrected chi connectivity index (χ1v) is 4.87. The molecule has 1 aromatic carbocycles. The molecule has 1 rings (SSSR count). The van der Waals surface area contributed by atoms with Gasteiger partial charge in [-0.3, -0.25) is 5.43 Å². The normalized spacial score (nSPS) is 10.5. The zero-order valence-corrected chi connectivity index (χ0v) is 9.17. The van der Waals surface area contributed by atoms with Gasteiger partial charge in [0, 0.05) is 0 Å². The first-order valence-electron chi connectivity index (χ1n) is 4.87. The average Bonchev–Trinajstić information content (AvgIpc) is 2.32. The molecule has 0 aliphatic rings. The highest BCUT2D eigenvalue weighted by Crippen LogP contribution is 2.13. The van der Waals surface area contributed by atoms with E-state index in [0.29, 0.717) is 5.69 Å². The highest BCUT2D eigenvalue weighted by Gasteiger charge is 2.11. The molecule has 6 heteroatoms. The average molecular weight is 233 g/mol. The van der Waals surface area contributed by atoms with E-state index in [1.807, 2.05) is 0 Å². The molecule has 17 heavy (non-hydrogen) atoms. The third-order valence-corrected chi connectivity index (χ3v) is 1.74. The Morgan fingerprint density at radius 3 is 2.71 bits per heavy atom. The molecule has 0 unspecified atom stereocenters. The first kappa shape index (κ1) is 12.5. The van der Waals surface area contributed by atoms with Gasteiger partial charge < -0.3 is 9.84 Å². The van der Waals surface area contributed by atoms with Gasteiger partial charge >= 0.3 is 5.97 Å². The van der Waals surface area contributed by atoms with Gasteiger partial charge in [0.1, 0.15) is 11.8 Å². The summed E-state index contributed by atoms with van der Waals surface area (Å²) >= 11 is 0. The quantitative estimate of drug-likeness (QED) is 0.353. The Kier molecular flexibility index (Phi) is 4.51. The summed E-state index contributed by atoms with van der Waals surface area (Å²) in [7, 11) is 0. The maximum Gasteiger partial charge on any atom is 0.369 e. The maximum absolute atomic E-state index is 11.2. The molecule has 0 heterocycles. The molecule has 0 aliphatic carbocycles. The molecule has 0 radical (unpaired) electrons. The molecule has 0 atom stereocenters. The molecule has 88 valence electrons. The van der Waals surface area contributed by atoms with Crippen LogP contribution in [0.2, 0.25) is 0 Å². The van der Waals surface area contributed by atoms with Crippen molar-refractivity contribution < 1.29 is 14.6 Å². The number of nitriles is 1. The summed E-state index contributed by atoms with van der Waals surface area (Å²) in [5, 5.41) is 21.3. The number of phenols is 1. The molecule has 0 saturated heterocycles. The number of hydrogen-bond acceptors (Lipinski definition) is 6. The molecule has 2 N–H and O–H groups in total. The summed E-state index contributed by atoms with van der Waals surface area (Å²) in [6.07, 6.45) is 0. The van der Waals surface area contributed by atoms with E-state index in [0.717, 1.165) is 0 Å². The number of carbonyl (C=O) groups excluding carboxylic acids is 1. The van der Waals surface area contributed by atoms with Crippen LogP contribution in [-0.2, 0) is 9.53 Å². The van der Waals surface area contributed by atoms with Gasteiger partial charge in [0.2, 0.25) is 5.71 Å². The van der Waals surface area contributed by atoms with Gasteiger partial charge in [-0.15, -0.1) is 0 Å². The molecule has 0 spiro atoms. The number of hydrazone groups is 1.